The van der Waals surface area contributed by atoms with Gasteiger partial charge in [0.15, 0.2) is 0 Å². The summed E-state index contributed by atoms with van der Waals surface area (Å²) in [5.74, 6) is -0.741. The van der Waals surface area contributed by atoms with Gasteiger partial charge in [-0.15, -0.1) is 11.3 Å². The molecule has 0 fully saturated rings. The minimum Gasteiger partial charge on any atom is -0.331 e. The van der Waals surface area contributed by atoms with Crippen LogP contribution in [-0.2, 0) is 4.79 Å². The molecule has 144 valence electrons. The summed E-state index contributed by atoms with van der Waals surface area (Å²) in [5.41, 5.74) is 2.73. The highest BCUT2D eigenvalue weighted by Crippen LogP contribution is 2.29. The van der Waals surface area contributed by atoms with Crippen LogP contribution in [0, 0.1) is 6.92 Å². The van der Waals surface area contributed by atoms with Gasteiger partial charge in [0, 0.05) is 18.0 Å². The molecule has 0 saturated carbocycles. The summed E-state index contributed by atoms with van der Waals surface area (Å²) in [6.07, 6.45) is 0. The lowest BCUT2D eigenvalue weighted by Crippen LogP contribution is -2.35. The van der Waals surface area contributed by atoms with Crippen LogP contribution in [0.15, 0.2) is 47.8 Å². The van der Waals surface area contributed by atoms with Gasteiger partial charge in [-0.2, -0.15) is 0 Å². The predicted molar refractivity (Wildman–Crippen MR) is 114 cm³/mol. The van der Waals surface area contributed by atoms with E-state index in [1.165, 1.54) is 16.2 Å². The zero-order valence-corrected chi connectivity index (χ0v) is 17.5. The maximum Gasteiger partial charge on any atom is 0.273 e. The number of hydrogen-bond donors (Lipinski definition) is 1. The number of anilines is 1. The first kappa shape index (κ1) is 20.3. The lowest BCUT2D eigenvalue weighted by Gasteiger charge is -2.16. The summed E-state index contributed by atoms with van der Waals surface area (Å²) in [6.45, 7) is 1.86. The number of aromatic nitrogens is 1. The standard InChI is InChI=1S/C20H17Cl2N3O2S/c1-12-6-8-13(9-7-12)19-23-16(11-28-19)20(27)25(2)10-17(26)24-18-14(21)4-3-5-15(18)22/h3-9,11H,10H2,1-2H3,(H,24,26). The van der Waals surface area contributed by atoms with E-state index in [9.17, 15) is 9.59 Å². The molecule has 8 heteroatoms. The monoisotopic (exact) mass is 433 g/mol. The van der Waals surface area contributed by atoms with E-state index in [1.54, 1.807) is 30.6 Å². The summed E-state index contributed by atoms with van der Waals surface area (Å²) in [4.78, 5) is 30.6. The minimum atomic E-state index is -0.403. The summed E-state index contributed by atoms with van der Waals surface area (Å²) < 4.78 is 0. The van der Waals surface area contributed by atoms with Gasteiger partial charge in [0.1, 0.15) is 10.7 Å². The molecule has 1 N–H and O–H groups in total. The largest absolute Gasteiger partial charge is 0.331 e. The fourth-order valence-corrected chi connectivity index (χ4v) is 3.77. The lowest BCUT2D eigenvalue weighted by molar-refractivity contribution is -0.116. The molecule has 2 amide bonds. The second-order valence-corrected chi connectivity index (χ2v) is 7.88. The van der Waals surface area contributed by atoms with Gasteiger partial charge in [0.05, 0.1) is 22.3 Å². The van der Waals surface area contributed by atoms with Crippen LogP contribution in [0.1, 0.15) is 16.1 Å². The van der Waals surface area contributed by atoms with Crippen molar-refractivity contribution in [2.45, 2.75) is 6.92 Å². The van der Waals surface area contributed by atoms with E-state index < -0.39 is 5.91 Å². The number of nitrogens with one attached hydrogen (secondary N) is 1. The van der Waals surface area contributed by atoms with Crippen LogP contribution in [-0.4, -0.2) is 35.3 Å². The summed E-state index contributed by atoms with van der Waals surface area (Å²) >= 11 is 13.5. The van der Waals surface area contributed by atoms with Gasteiger partial charge < -0.3 is 10.2 Å². The Morgan fingerprint density at radius 3 is 2.39 bits per heavy atom. The molecular formula is C20H17Cl2N3O2S. The Hall–Kier alpha value is -2.41. The zero-order chi connectivity index (χ0) is 20.3. The van der Waals surface area contributed by atoms with Crippen LogP contribution in [0.5, 0.6) is 0 Å². The fourth-order valence-electron chi connectivity index (χ4n) is 2.48. The van der Waals surface area contributed by atoms with Crippen LogP contribution < -0.4 is 5.32 Å². The number of carbonyl (C=O) groups excluding carboxylic acids is 2. The fraction of sp³-hybridized carbons (Fsp3) is 0.150. The number of aryl methyl sites for hydroxylation is 1. The number of carbonyl (C=O) groups is 2. The quantitative estimate of drug-likeness (QED) is 0.605. The number of hydrogen-bond acceptors (Lipinski definition) is 4. The Kier molecular flexibility index (Phi) is 6.34. The van der Waals surface area contributed by atoms with Crippen molar-refractivity contribution in [3.05, 3.63) is 69.1 Å². The molecule has 0 spiro atoms. The van der Waals surface area contributed by atoms with E-state index in [2.05, 4.69) is 10.3 Å². The SMILES string of the molecule is Cc1ccc(-c2nc(C(=O)N(C)CC(=O)Nc3c(Cl)cccc3Cl)cs2)cc1. The van der Waals surface area contributed by atoms with Gasteiger partial charge in [0.2, 0.25) is 5.91 Å². The van der Waals surface area contributed by atoms with Crippen molar-refractivity contribution in [2.75, 3.05) is 18.9 Å². The van der Waals surface area contributed by atoms with Crippen LogP contribution in [0.2, 0.25) is 10.0 Å². The summed E-state index contributed by atoms with van der Waals surface area (Å²) in [7, 11) is 1.54. The first-order chi connectivity index (χ1) is 13.3. The maximum absolute atomic E-state index is 12.6. The third-order valence-electron chi connectivity index (χ3n) is 3.98. The molecular weight excluding hydrogens is 417 g/mol. The van der Waals surface area contributed by atoms with E-state index in [4.69, 9.17) is 23.2 Å². The first-order valence-electron chi connectivity index (χ1n) is 8.37. The second-order valence-electron chi connectivity index (χ2n) is 6.21. The average Bonchev–Trinajstić information content (AvgIpc) is 3.15. The number of likely N-dealkylation sites (N-methyl/N-ethyl adjacent to an activating group) is 1. The van der Waals surface area contributed by atoms with Crippen molar-refractivity contribution in [2.24, 2.45) is 0 Å². The van der Waals surface area contributed by atoms with Crippen molar-refractivity contribution < 1.29 is 9.59 Å². The second kappa shape index (κ2) is 8.73. The summed E-state index contributed by atoms with van der Waals surface area (Å²) in [5, 5.41) is 5.74. The molecule has 0 atom stereocenters. The van der Waals surface area contributed by atoms with Crippen LogP contribution >= 0.6 is 34.5 Å². The molecule has 0 aliphatic carbocycles. The lowest BCUT2D eigenvalue weighted by atomic mass is 10.2. The molecule has 0 unspecified atom stereocenters. The molecule has 1 aromatic heterocycles. The van der Waals surface area contributed by atoms with Crippen LogP contribution in [0.3, 0.4) is 0 Å². The van der Waals surface area contributed by atoms with E-state index in [1.807, 2.05) is 31.2 Å². The Morgan fingerprint density at radius 2 is 1.75 bits per heavy atom. The molecule has 0 aliphatic heterocycles. The van der Waals surface area contributed by atoms with Gasteiger partial charge in [-0.25, -0.2) is 4.98 Å². The molecule has 2 aromatic carbocycles. The highest BCUT2D eigenvalue weighted by atomic mass is 35.5. The van der Waals surface area contributed by atoms with Gasteiger partial charge in [-0.3, -0.25) is 9.59 Å². The Morgan fingerprint density at radius 1 is 1.11 bits per heavy atom. The van der Waals surface area contributed by atoms with E-state index in [-0.39, 0.29) is 12.5 Å². The van der Waals surface area contributed by atoms with Crippen molar-refractivity contribution in [3.63, 3.8) is 0 Å². The number of rotatable bonds is 5. The van der Waals surface area contributed by atoms with Crippen molar-refractivity contribution in [1.29, 1.82) is 0 Å². The normalized spacial score (nSPS) is 10.6. The number of nitrogens with zero attached hydrogens (tertiary/aromatic N) is 2. The van der Waals surface area contributed by atoms with Gasteiger partial charge in [-0.1, -0.05) is 59.1 Å². The van der Waals surface area contributed by atoms with Crippen molar-refractivity contribution >= 4 is 52.0 Å². The minimum absolute atomic E-state index is 0.155. The Labute approximate surface area is 176 Å². The van der Waals surface area contributed by atoms with Crippen LogP contribution in [0.4, 0.5) is 5.69 Å². The average molecular weight is 434 g/mol. The van der Waals surface area contributed by atoms with Gasteiger partial charge in [0.25, 0.3) is 5.91 Å². The van der Waals surface area contributed by atoms with Gasteiger partial charge in [-0.05, 0) is 19.1 Å². The smallest absolute Gasteiger partial charge is 0.273 e. The van der Waals surface area contributed by atoms with E-state index in [0.29, 0.717) is 21.4 Å². The van der Waals surface area contributed by atoms with E-state index >= 15 is 0 Å². The molecule has 1 heterocycles. The first-order valence-corrected chi connectivity index (χ1v) is 10.0. The van der Waals surface area contributed by atoms with Crippen molar-refractivity contribution in [3.8, 4) is 10.6 Å². The molecule has 28 heavy (non-hydrogen) atoms. The molecule has 0 bridgehead atoms. The number of benzene rings is 2. The highest BCUT2D eigenvalue weighted by molar-refractivity contribution is 7.13. The Balaban J connectivity index is 1.66. The summed E-state index contributed by atoms with van der Waals surface area (Å²) in [6, 6.07) is 12.9. The number of halogens is 2. The predicted octanol–water partition coefficient (Wildman–Crippen LogP) is 5.14. The third-order valence-corrected chi connectivity index (χ3v) is 5.50. The molecule has 5 nitrogen and oxygen atoms in total. The van der Waals surface area contributed by atoms with Crippen molar-refractivity contribution in [1.82, 2.24) is 9.88 Å². The van der Waals surface area contributed by atoms with E-state index in [0.717, 1.165) is 16.1 Å². The van der Waals surface area contributed by atoms with Gasteiger partial charge >= 0.3 is 0 Å². The zero-order valence-electron chi connectivity index (χ0n) is 15.2. The van der Waals surface area contributed by atoms with Crippen LogP contribution in [0.25, 0.3) is 10.6 Å². The number of para-hydroxylation sites is 1. The topological polar surface area (TPSA) is 62.3 Å². The molecule has 0 aliphatic rings. The molecule has 0 saturated heterocycles. The third kappa shape index (κ3) is 4.70. The number of thiazole rings is 1. The highest BCUT2D eigenvalue weighted by Gasteiger charge is 2.19. The molecule has 3 aromatic rings. The maximum atomic E-state index is 12.6. The number of amides is 2. The molecule has 3 rings (SSSR count). The Bertz CT molecular complexity index is 998. The molecule has 0 radical (unpaired) electrons.